The summed E-state index contributed by atoms with van der Waals surface area (Å²) in [7, 11) is 2.75. The minimum atomic E-state index is -1.13. The van der Waals surface area contributed by atoms with E-state index in [0.29, 0.717) is 12.3 Å². The van der Waals surface area contributed by atoms with Gasteiger partial charge in [0.25, 0.3) is 0 Å². The van der Waals surface area contributed by atoms with Crippen LogP contribution in [0.15, 0.2) is 23.3 Å². The second-order valence-electron chi connectivity index (χ2n) is 9.32. The van der Waals surface area contributed by atoms with E-state index in [2.05, 4.69) is 6.58 Å². The van der Waals surface area contributed by atoms with E-state index >= 15 is 0 Å². The molecule has 0 saturated heterocycles. The summed E-state index contributed by atoms with van der Waals surface area (Å²) in [6.07, 6.45) is 4.26. The van der Waals surface area contributed by atoms with E-state index in [1.807, 2.05) is 0 Å². The van der Waals surface area contributed by atoms with Gasteiger partial charge in [-0.25, -0.2) is 0 Å². The maximum atomic E-state index is 13.2. The highest BCUT2D eigenvalue weighted by atomic mass is 16.6. The van der Waals surface area contributed by atoms with Crippen molar-refractivity contribution in [2.45, 2.75) is 58.5 Å². The van der Waals surface area contributed by atoms with Crippen molar-refractivity contribution in [3.05, 3.63) is 23.3 Å². The predicted molar refractivity (Wildman–Crippen MR) is 104 cm³/mol. The van der Waals surface area contributed by atoms with Gasteiger partial charge in [0.1, 0.15) is 11.5 Å². The summed E-state index contributed by atoms with van der Waals surface area (Å²) in [5.74, 6) is -1.62. The predicted octanol–water partition coefficient (Wildman–Crippen LogP) is 3.35. The van der Waals surface area contributed by atoms with E-state index in [4.69, 9.17) is 14.2 Å². The maximum absolute atomic E-state index is 13.2. The van der Waals surface area contributed by atoms with Gasteiger partial charge in [0.15, 0.2) is 0 Å². The number of carbonyl (C=O) groups excluding carboxylic acids is 3. The highest BCUT2D eigenvalue weighted by Gasteiger charge is 2.69. The van der Waals surface area contributed by atoms with Crippen LogP contribution in [0.2, 0.25) is 0 Å². The van der Waals surface area contributed by atoms with Gasteiger partial charge in [0.05, 0.1) is 20.1 Å². The Morgan fingerprint density at radius 2 is 1.83 bits per heavy atom. The smallest absolute Gasteiger partial charge is 0.315 e. The highest BCUT2D eigenvalue weighted by molar-refractivity contribution is 5.84. The molecule has 4 rings (SSSR count). The SMILES string of the molecule is C=C1C[C@]23C[C@H]1CCC2=C1CC[C@H](OC(C)=O)[C@@](C)(C(=O)OC)C1[C@@H]3C(=O)OC. The summed E-state index contributed by atoms with van der Waals surface area (Å²) in [6, 6.07) is 0. The van der Waals surface area contributed by atoms with Crippen molar-refractivity contribution in [2.75, 3.05) is 14.2 Å². The zero-order chi connectivity index (χ0) is 21.1. The van der Waals surface area contributed by atoms with Gasteiger partial charge in [-0.05, 0) is 51.4 Å². The van der Waals surface area contributed by atoms with Crippen LogP contribution in [0.5, 0.6) is 0 Å². The van der Waals surface area contributed by atoms with Gasteiger partial charge >= 0.3 is 17.9 Å². The fraction of sp³-hybridized carbons (Fsp3) is 0.696. The molecule has 4 aliphatic rings. The van der Waals surface area contributed by atoms with Crippen LogP contribution < -0.4 is 0 Å². The fourth-order valence-electron chi connectivity index (χ4n) is 7.07. The molecule has 6 nitrogen and oxygen atoms in total. The number of methoxy groups -OCH3 is 2. The van der Waals surface area contributed by atoms with Crippen molar-refractivity contribution in [2.24, 2.45) is 28.6 Å². The zero-order valence-corrected chi connectivity index (χ0v) is 17.7. The summed E-state index contributed by atoms with van der Waals surface area (Å²) in [4.78, 5) is 38.2. The lowest BCUT2D eigenvalue weighted by Gasteiger charge is -2.47. The Morgan fingerprint density at radius 1 is 1.10 bits per heavy atom. The Bertz CT molecular complexity index is 825. The molecule has 2 bridgehead atoms. The summed E-state index contributed by atoms with van der Waals surface area (Å²) in [6.45, 7) is 7.44. The summed E-state index contributed by atoms with van der Waals surface area (Å²) in [5.41, 5.74) is 2.25. The normalized spacial score (nSPS) is 40.2. The average Bonchev–Trinajstić information content (AvgIpc) is 3.12. The Morgan fingerprint density at radius 3 is 2.45 bits per heavy atom. The molecular formula is C23H30O6. The lowest BCUT2D eigenvalue weighted by atomic mass is 9.58. The number of fused-ring (bicyclic) bond motifs is 2. The number of rotatable bonds is 3. The molecule has 0 aromatic heterocycles. The molecule has 0 radical (unpaired) electrons. The molecule has 0 N–H and O–H groups in total. The minimum absolute atomic E-state index is 0.295. The first kappa shape index (κ1) is 20.2. The van der Waals surface area contributed by atoms with Gasteiger partial charge in [-0.2, -0.15) is 0 Å². The standard InChI is InChI=1S/C23H30O6/c1-12-10-23-11-14(12)6-8-16(23)15-7-9-17(29-13(2)24)22(3,21(26)28-5)18(15)19(23)20(25)27-4/h14,17-19H,1,6-11H2,2-5H3/t14-,17+,18?,19-,22-,23+/m1/s1. The van der Waals surface area contributed by atoms with Gasteiger partial charge in [-0.3, -0.25) is 14.4 Å². The molecule has 0 aromatic rings. The Kier molecular flexibility index (Phi) is 4.67. The Balaban J connectivity index is 1.90. The van der Waals surface area contributed by atoms with E-state index < -0.39 is 29.4 Å². The third-order valence-corrected chi connectivity index (χ3v) is 8.15. The monoisotopic (exact) mass is 402 g/mol. The molecule has 0 aliphatic heterocycles. The van der Waals surface area contributed by atoms with Crippen molar-refractivity contribution < 1.29 is 28.6 Å². The molecule has 6 heteroatoms. The van der Waals surface area contributed by atoms with Gasteiger partial charge < -0.3 is 14.2 Å². The van der Waals surface area contributed by atoms with E-state index in [9.17, 15) is 14.4 Å². The van der Waals surface area contributed by atoms with E-state index in [0.717, 1.165) is 32.1 Å². The summed E-state index contributed by atoms with van der Waals surface area (Å²) < 4.78 is 16.1. The van der Waals surface area contributed by atoms with Crippen LogP contribution in [0, 0.1) is 28.6 Å². The molecule has 0 heterocycles. The number of carbonyl (C=O) groups is 3. The molecule has 6 atom stereocenters. The number of esters is 3. The Labute approximate surface area is 171 Å². The summed E-state index contributed by atoms with van der Waals surface area (Å²) in [5, 5.41) is 0. The molecule has 1 spiro atoms. The van der Waals surface area contributed by atoms with Crippen molar-refractivity contribution in [1.82, 2.24) is 0 Å². The number of hydrogen-bond donors (Lipinski definition) is 0. The van der Waals surface area contributed by atoms with Gasteiger partial charge in [0.2, 0.25) is 0 Å². The molecule has 158 valence electrons. The van der Waals surface area contributed by atoms with Crippen LogP contribution in [0.25, 0.3) is 0 Å². The van der Waals surface area contributed by atoms with Crippen LogP contribution in [0.4, 0.5) is 0 Å². The molecule has 1 unspecified atom stereocenters. The topological polar surface area (TPSA) is 78.9 Å². The largest absolute Gasteiger partial charge is 0.469 e. The first-order valence-electron chi connectivity index (χ1n) is 10.4. The number of ether oxygens (including phenoxy) is 3. The van der Waals surface area contributed by atoms with Crippen LogP contribution in [-0.4, -0.2) is 38.2 Å². The second kappa shape index (κ2) is 6.71. The first-order valence-corrected chi connectivity index (χ1v) is 10.4. The minimum Gasteiger partial charge on any atom is -0.469 e. The lowest BCUT2D eigenvalue weighted by molar-refractivity contribution is -0.181. The van der Waals surface area contributed by atoms with Crippen molar-refractivity contribution in [1.29, 1.82) is 0 Å². The van der Waals surface area contributed by atoms with E-state index in [1.165, 1.54) is 37.9 Å². The van der Waals surface area contributed by atoms with Crippen LogP contribution in [0.3, 0.4) is 0 Å². The van der Waals surface area contributed by atoms with Gasteiger partial charge in [0, 0.05) is 18.3 Å². The molecule has 29 heavy (non-hydrogen) atoms. The van der Waals surface area contributed by atoms with Crippen molar-refractivity contribution in [3.63, 3.8) is 0 Å². The fourth-order valence-corrected chi connectivity index (χ4v) is 7.07. The number of hydrogen-bond acceptors (Lipinski definition) is 6. The van der Waals surface area contributed by atoms with Crippen LogP contribution in [-0.2, 0) is 28.6 Å². The molecular weight excluding hydrogens is 372 g/mol. The zero-order valence-electron chi connectivity index (χ0n) is 17.7. The average molecular weight is 402 g/mol. The Hall–Kier alpha value is -2.11. The molecule has 4 aliphatic carbocycles. The van der Waals surface area contributed by atoms with Crippen LogP contribution >= 0.6 is 0 Å². The van der Waals surface area contributed by atoms with E-state index in [-0.39, 0.29) is 17.3 Å². The van der Waals surface area contributed by atoms with Crippen molar-refractivity contribution in [3.8, 4) is 0 Å². The molecule has 0 amide bonds. The molecule has 0 aromatic carbocycles. The van der Waals surface area contributed by atoms with Crippen LogP contribution in [0.1, 0.15) is 52.4 Å². The van der Waals surface area contributed by atoms with Gasteiger partial charge in [-0.15, -0.1) is 0 Å². The summed E-state index contributed by atoms with van der Waals surface area (Å²) >= 11 is 0. The molecule has 3 fully saturated rings. The first-order chi connectivity index (χ1) is 13.7. The molecule has 3 saturated carbocycles. The maximum Gasteiger partial charge on any atom is 0.315 e. The third kappa shape index (κ3) is 2.57. The highest BCUT2D eigenvalue weighted by Crippen LogP contribution is 2.71. The quantitative estimate of drug-likeness (QED) is 0.409. The van der Waals surface area contributed by atoms with Crippen molar-refractivity contribution >= 4 is 17.9 Å². The van der Waals surface area contributed by atoms with E-state index in [1.54, 1.807) is 6.92 Å². The van der Waals surface area contributed by atoms with Gasteiger partial charge in [-0.1, -0.05) is 23.3 Å². The third-order valence-electron chi connectivity index (χ3n) is 8.15. The number of allylic oxidation sites excluding steroid dienone is 3. The lowest BCUT2D eigenvalue weighted by Crippen LogP contribution is -2.55. The second-order valence-corrected chi connectivity index (χ2v) is 9.32.